The van der Waals surface area contributed by atoms with Gasteiger partial charge in [-0.05, 0) is 48.7 Å². The minimum Gasteiger partial charge on any atom is -0.396 e. The van der Waals surface area contributed by atoms with Crippen molar-refractivity contribution >= 4 is 5.69 Å². The predicted molar refractivity (Wildman–Crippen MR) is 80.4 cm³/mol. The zero-order chi connectivity index (χ0) is 14.4. The van der Waals surface area contributed by atoms with Gasteiger partial charge in [0, 0.05) is 18.3 Å². The second kappa shape index (κ2) is 6.74. The van der Waals surface area contributed by atoms with Crippen molar-refractivity contribution in [3.63, 3.8) is 0 Å². The molecule has 3 heteroatoms. The van der Waals surface area contributed by atoms with E-state index >= 15 is 0 Å². The topological polar surface area (TPSA) is 56.0 Å². The molecule has 2 aromatic rings. The van der Waals surface area contributed by atoms with Gasteiger partial charge in [-0.3, -0.25) is 0 Å². The number of aliphatic hydroxyl groups is 1. The summed E-state index contributed by atoms with van der Waals surface area (Å²) in [7, 11) is 0. The molecule has 0 aromatic heterocycles. The van der Waals surface area contributed by atoms with Gasteiger partial charge in [-0.25, -0.2) is 0 Å². The molecule has 102 valence electrons. The molecule has 1 unspecified atom stereocenters. The Morgan fingerprint density at radius 1 is 1.20 bits per heavy atom. The van der Waals surface area contributed by atoms with Gasteiger partial charge in [0.05, 0.1) is 11.6 Å². The number of nitrogens with zero attached hydrogens (tertiary/aromatic N) is 1. The van der Waals surface area contributed by atoms with Crippen LogP contribution in [-0.4, -0.2) is 11.7 Å². The first kappa shape index (κ1) is 14.1. The number of hydrogen-bond acceptors (Lipinski definition) is 3. The molecule has 1 atom stereocenters. The fraction of sp³-hybridized carbons (Fsp3) is 0.235. The molecule has 3 nitrogen and oxygen atoms in total. The lowest BCUT2D eigenvalue weighted by molar-refractivity contribution is 0.299. The van der Waals surface area contributed by atoms with E-state index in [1.807, 2.05) is 42.5 Å². The number of nitriles is 1. The zero-order valence-electron chi connectivity index (χ0n) is 11.5. The van der Waals surface area contributed by atoms with E-state index in [4.69, 9.17) is 10.4 Å². The third-order valence-corrected chi connectivity index (χ3v) is 3.25. The van der Waals surface area contributed by atoms with Crippen molar-refractivity contribution in [3.05, 3.63) is 65.2 Å². The largest absolute Gasteiger partial charge is 0.396 e. The minimum atomic E-state index is 0.131. The summed E-state index contributed by atoms with van der Waals surface area (Å²) in [5, 5.41) is 21.2. The molecule has 0 fully saturated rings. The number of benzene rings is 2. The van der Waals surface area contributed by atoms with E-state index in [-0.39, 0.29) is 12.6 Å². The van der Waals surface area contributed by atoms with Crippen LogP contribution in [0.25, 0.3) is 0 Å². The average Bonchev–Trinajstić information content (AvgIpc) is 2.49. The number of rotatable bonds is 5. The maximum atomic E-state index is 8.92. The number of aliphatic hydroxyl groups excluding tert-OH is 1. The summed E-state index contributed by atoms with van der Waals surface area (Å²) in [6.07, 6.45) is 0.681. The lowest BCUT2D eigenvalue weighted by atomic mass is 10.1. The quantitative estimate of drug-likeness (QED) is 0.873. The SMILES string of the molecule is CC(Nc1ccc(CCO)cc1)c1cccc(C#N)c1. The number of hydrogen-bond donors (Lipinski definition) is 2. The normalized spacial score (nSPS) is 11.7. The Hall–Kier alpha value is -2.31. The van der Waals surface area contributed by atoms with Crippen LogP contribution in [-0.2, 0) is 6.42 Å². The van der Waals surface area contributed by atoms with Gasteiger partial charge >= 0.3 is 0 Å². The lowest BCUT2D eigenvalue weighted by Gasteiger charge is -2.16. The molecule has 0 amide bonds. The highest BCUT2D eigenvalue weighted by Crippen LogP contribution is 2.20. The van der Waals surface area contributed by atoms with Gasteiger partial charge in [-0.15, -0.1) is 0 Å². The van der Waals surface area contributed by atoms with Crippen LogP contribution < -0.4 is 5.32 Å². The molecule has 2 rings (SSSR count). The molecule has 0 radical (unpaired) electrons. The predicted octanol–water partition coefficient (Wildman–Crippen LogP) is 3.27. The Labute approximate surface area is 119 Å². The molecule has 0 heterocycles. The Kier molecular flexibility index (Phi) is 4.75. The van der Waals surface area contributed by atoms with Crippen LogP contribution in [0.2, 0.25) is 0 Å². The van der Waals surface area contributed by atoms with Crippen LogP contribution in [0.3, 0.4) is 0 Å². The molecule has 0 aliphatic heterocycles. The molecule has 2 aromatic carbocycles. The fourth-order valence-corrected chi connectivity index (χ4v) is 2.11. The molecule has 0 aliphatic carbocycles. The first-order valence-corrected chi connectivity index (χ1v) is 6.69. The molecule has 0 saturated carbocycles. The van der Waals surface area contributed by atoms with Crippen molar-refractivity contribution in [2.45, 2.75) is 19.4 Å². The lowest BCUT2D eigenvalue weighted by Crippen LogP contribution is -2.06. The Bertz CT molecular complexity index is 599. The minimum absolute atomic E-state index is 0.131. The number of nitrogens with one attached hydrogen (secondary N) is 1. The van der Waals surface area contributed by atoms with Crippen molar-refractivity contribution < 1.29 is 5.11 Å². The van der Waals surface area contributed by atoms with E-state index in [1.54, 1.807) is 6.07 Å². The molecular weight excluding hydrogens is 248 g/mol. The first-order chi connectivity index (χ1) is 9.72. The second-order valence-corrected chi connectivity index (χ2v) is 4.77. The maximum absolute atomic E-state index is 8.92. The standard InChI is InChI=1S/C17H18N2O/c1-13(16-4-2-3-15(11-16)12-18)19-17-7-5-14(6-8-17)9-10-20/h2-8,11,13,19-20H,9-10H2,1H3. The summed E-state index contributed by atoms with van der Waals surface area (Å²) in [5.41, 5.74) is 3.91. The van der Waals surface area contributed by atoms with Crippen molar-refractivity contribution in [2.75, 3.05) is 11.9 Å². The van der Waals surface area contributed by atoms with Crippen molar-refractivity contribution in [2.24, 2.45) is 0 Å². The Morgan fingerprint density at radius 3 is 2.60 bits per heavy atom. The summed E-state index contributed by atoms with van der Waals surface area (Å²) >= 11 is 0. The van der Waals surface area contributed by atoms with Crippen molar-refractivity contribution in [1.82, 2.24) is 0 Å². The van der Waals surface area contributed by atoms with Crippen LogP contribution in [0, 0.1) is 11.3 Å². The van der Waals surface area contributed by atoms with Gasteiger partial charge in [0.15, 0.2) is 0 Å². The molecule has 0 bridgehead atoms. The zero-order valence-corrected chi connectivity index (χ0v) is 11.5. The Morgan fingerprint density at radius 2 is 1.95 bits per heavy atom. The van der Waals surface area contributed by atoms with Gasteiger partial charge in [0.2, 0.25) is 0 Å². The third kappa shape index (κ3) is 3.59. The van der Waals surface area contributed by atoms with Gasteiger partial charge in [0.1, 0.15) is 0 Å². The van der Waals surface area contributed by atoms with Crippen molar-refractivity contribution in [3.8, 4) is 6.07 Å². The molecular formula is C17H18N2O. The summed E-state index contributed by atoms with van der Waals surface area (Å²) in [5.74, 6) is 0. The molecule has 0 spiro atoms. The smallest absolute Gasteiger partial charge is 0.0991 e. The van der Waals surface area contributed by atoms with E-state index in [9.17, 15) is 0 Å². The van der Waals surface area contributed by atoms with Crippen molar-refractivity contribution in [1.29, 1.82) is 5.26 Å². The van der Waals surface area contributed by atoms with Gasteiger partial charge in [-0.2, -0.15) is 5.26 Å². The van der Waals surface area contributed by atoms with E-state index in [1.165, 1.54) is 0 Å². The van der Waals surface area contributed by atoms with E-state index < -0.39 is 0 Å². The Balaban J connectivity index is 2.07. The first-order valence-electron chi connectivity index (χ1n) is 6.69. The van der Waals surface area contributed by atoms with Crippen LogP contribution in [0.5, 0.6) is 0 Å². The summed E-state index contributed by atoms with van der Waals surface area (Å²) < 4.78 is 0. The van der Waals surface area contributed by atoms with E-state index in [0.717, 1.165) is 16.8 Å². The summed E-state index contributed by atoms with van der Waals surface area (Å²) in [4.78, 5) is 0. The third-order valence-electron chi connectivity index (χ3n) is 3.25. The van der Waals surface area contributed by atoms with E-state index in [2.05, 4.69) is 18.3 Å². The van der Waals surface area contributed by atoms with Crippen LogP contribution in [0.1, 0.15) is 29.7 Å². The van der Waals surface area contributed by atoms with E-state index in [0.29, 0.717) is 12.0 Å². The highest BCUT2D eigenvalue weighted by atomic mass is 16.2. The van der Waals surface area contributed by atoms with Gasteiger partial charge < -0.3 is 10.4 Å². The van der Waals surface area contributed by atoms with Gasteiger partial charge in [-0.1, -0.05) is 24.3 Å². The van der Waals surface area contributed by atoms with Crippen LogP contribution in [0.15, 0.2) is 48.5 Å². The molecule has 2 N–H and O–H groups in total. The van der Waals surface area contributed by atoms with Crippen LogP contribution >= 0.6 is 0 Å². The highest BCUT2D eigenvalue weighted by molar-refractivity contribution is 5.47. The average molecular weight is 266 g/mol. The fourth-order valence-electron chi connectivity index (χ4n) is 2.11. The maximum Gasteiger partial charge on any atom is 0.0991 e. The second-order valence-electron chi connectivity index (χ2n) is 4.77. The molecule has 20 heavy (non-hydrogen) atoms. The molecule has 0 aliphatic rings. The number of anilines is 1. The monoisotopic (exact) mass is 266 g/mol. The summed E-state index contributed by atoms with van der Waals surface area (Å²) in [6, 6.07) is 17.9. The summed E-state index contributed by atoms with van der Waals surface area (Å²) in [6.45, 7) is 2.24. The van der Waals surface area contributed by atoms with Crippen LogP contribution in [0.4, 0.5) is 5.69 Å². The highest BCUT2D eigenvalue weighted by Gasteiger charge is 2.06. The van der Waals surface area contributed by atoms with Gasteiger partial charge in [0.25, 0.3) is 0 Å². The molecule has 0 saturated heterocycles.